The Morgan fingerprint density at radius 3 is 2.60 bits per heavy atom. The van der Waals surface area contributed by atoms with E-state index in [1.807, 2.05) is 31.2 Å². The first-order valence-electron chi connectivity index (χ1n) is 6.28. The highest BCUT2D eigenvalue weighted by molar-refractivity contribution is 6.18. The van der Waals surface area contributed by atoms with E-state index in [1.165, 1.54) is 0 Å². The summed E-state index contributed by atoms with van der Waals surface area (Å²) in [6.07, 6.45) is -3.92. The van der Waals surface area contributed by atoms with Crippen LogP contribution in [0.25, 0.3) is 0 Å². The lowest BCUT2D eigenvalue weighted by Crippen LogP contribution is -2.40. The van der Waals surface area contributed by atoms with Gasteiger partial charge in [-0.15, -0.1) is 11.6 Å². The molecular formula is C14H17ClF3NO. The first-order valence-corrected chi connectivity index (χ1v) is 6.81. The van der Waals surface area contributed by atoms with E-state index in [-0.39, 0.29) is 18.8 Å². The Balaban J connectivity index is 2.58. The normalized spacial score (nSPS) is 11.4. The summed E-state index contributed by atoms with van der Waals surface area (Å²) in [5.74, 6) is -0.531. The van der Waals surface area contributed by atoms with E-state index in [0.29, 0.717) is 6.42 Å². The standard InChI is InChI=1S/C14H17ClF3NO/c1-11-3-2-4-12(9-11)5-6-13(20)19(8-7-15)10-14(16,17)18/h2-4,9H,5-8,10H2,1H3. The van der Waals surface area contributed by atoms with Crippen molar-refractivity contribution < 1.29 is 18.0 Å². The van der Waals surface area contributed by atoms with Crippen LogP contribution in [0.2, 0.25) is 0 Å². The van der Waals surface area contributed by atoms with Crippen LogP contribution < -0.4 is 0 Å². The number of carbonyl (C=O) groups excluding carboxylic acids is 1. The molecule has 20 heavy (non-hydrogen) atoms. The highest BCUT2D eigenvalue weighted by Crippen LogP contribution is 2.17. The summed E-state index contributed by atoms with van der Waals surface area (Å²) in [7, 11) is 0. The molecule has 0 bridgehead atoms. The number of hydrogen-bond donors (Lipinski definition) is 0. The van der Waals surface area contributed by atoms with Crippen molar-refractivity contribution >= 4 is 17.5 Å². The van der Waals surface area contributed by atoms with Gasteiger partial charge in [-0.2, -0.15) is 13.2 Å². The van der Waals surface area contributed by atoms with Gasteiger partial charge in [-0.1, -0.05) is 29.8 Å². The zero-order chi connectivity index (χ0) is 15.2. The Labute approximate surface area is 121 Å². The van der Waals surface area contributed by atoms with Gasteiger partial charge in [0.25, 0.3) is 0 Å². The fourth-order valence-corrected chi connectivity index (χ4v) is 2.09. The molecule has 0 saturated heterocycles. The molecule has 0 N–H and O–H groups in total. The molecule has 2 nitrogen and oxygen atoms in total. The second kappa shape index (κ2) is 7.53. The molecule has 0 aliphatic rings. The number of benzene rings is 1. The zero-order valence-corrected chi connectivity index (χ0v) is 12.0. The minimum Gasteiger partial charge on any atom is -0.332 e. The Hall–Kier alpha value is -1.23. The van der Waals surface area contributed by atoms with Crippen molar-refractivity contribution in [3.8, 4) is 0 Å². The summed E-state index contributed by atoms with van der Waals surface area (Å²) < 4.78 is 37.1. The van der Waals surface area contributed by atoms with Crippen molar-refractivity contribution in [3.63, 3.8) is 0 Å². The second-order valence-electron chi connectivity index (χ2n) is 4.61. The van der Waals surface area contributed by atoms with Crippen molar-refractivity contribution in [1.82, 2.24) is 4.90 Å². The van der Waals surface area contributed by atoms with Crippen LogP contribution in [0, 0.1) is 6.92 Å². The van der Waals surface area contributed by atoms with E-state index in [9.17, 15) is 18.0 Å². The van der Waals surface area contributed by atoms with Crippen LogP contribution in [-0.4, -0.2) is 36.0 Å². The molecule has 0 saturated carbocycles. The molecular weight excluding hydrogens is 291 g/mol. The molecule has 0 spiro atoms. The molecule has 0 aromatic heterocycles. The maximum absolute atomic E-state index is 12.4. The number of hydrogen-bond acceptors (Lipinski definition) is 1. The Kier molecular flexibility index (Phi) is 6.33. The lowest BCUT2D eigenvalue weighted by Gasteiger charge is -2.23. The number of alkyl halides is 4. The number of carbonyl (C=O) groups is 1. The molecule has 0 aliphatic carbocycles. The third kappa shape index (κ3) is 6.28. The highest BCUT2D eigenvalue weighted by atomic mass is 35.5. The maximum atomic E-state index is 12.4. The maximum Gasteiger partial charge on any atom is 0.406 e. The quantitative estimate of drug-likeness (QED) is 0.736. The average molecular weight is 308 g/mol. The largest absolute Gasteiger partial charge is 0.406 e. The van der Waals surface area contributed by atoms with Gasteiger partial charge in [0.2, 0.25) is 5.91 Å². The number of aryl methyl sites for hydroxylation is 2. The van der Waals surface area contributed by atoms with Gasteiger partial charge in [0, 0.05) is 18.8 Å². The molecule has 1 amide bonds. The van der Waals surface area contributed by atoms with Gasteiger partial charge in [-0.05, 0) is 18.9 Å². The summed E-state index contributed by atoms with van der Waals surface area (Å²) in [6, 6.07) is 7.56. The fraction of sp³-hybridized carbons (Fsp3) is 0.500. The van der Waals surface area contributed by atoms with Gasteiger partial charge < -0.3 is 4.90 Å². The molecule has 0 unspecified atom stereocenters. The van der Waals surface area contributed by atoms with Crippen molar-refractivity contribution in [1.29, 1.82) is 0 Å². The Morgan fingerprint density at radius 2 is 2.05 bits per heavy atom. The van der Waals surface area contributed by atoms with Gasteiger partial charge in [-0.25, -0.2) is 0 Å². The van der Waals surface area contributed by atoms with Crippen LogP contribution in [0.1, 0.15) is 17.5 Å². The van der Waals surface area contributed by atoms with Crippen molar-refractivity contribution in [2.45, 2.75) is 25.9 Å². The summed E-state index contributed by atoms with van der Waals surface area (Å²) in [4.78, 5) is 12.6. The van der Waals surface area contributed by atoms with Crippen LogP contribution in [-0.2, 0) is 11.2 Å². The van der Waals surface area contributed by atoms with Crippen molar-refractivity contribution in [2.24, 2.45) is 0 Å². The lowest BCUT2D eigenvalue weighted by atomic mass is 10.1. The van der Waals surface area contributed by atoms with Gasteiger partial charge in [0.05, 0.1) is 0 Å². The van der Waals surface area contributed by atoms with Crippen molar-refractivity contribution in [2.75, 3.05) is 19.0 Å². The first-order chi connectivity index (χ1) is 9.31. The molecule has 0 atom stereocenters. The number of rotatable bonds is 6. The van der Waals surface area contributed by atoms with Crippen LogP contribution in [0.4, 0.5) is 13.2 Å². The minimum absolute atomic E-state index is 0.00767. The highest BCUT2D eigenvalue weighted by Gasteiger charge is 2.32. The molecule has 0 radical (unpaired) electrons. The van der Waals surface area contributed by atoms with E-state index < -0.39 is 18.6 Å². The smallest absolute Gasteiger partial charge is 0.332 e. The molecule has 0 heterocycles. The predicted octanol–water partition coefficient (Wildman–Crippen LogP) is 3.56. The molecule has 1 aromatic rings. The summed E-state index contributed by atoms with van der Waals surface area (Å²) >= 11 is 5.45. The first kappa shape index (κ1) is 16.8. The van der Waals surface area contributed by atoms with E-state index >= 15 is 0 Å². The van der Waals surface area contributed by atoms with E-state index in [1.54, 1.807) is 0 Å². The SMILES string of the molecule is Cc1cccc(CCC(=O)N(CCCl)CC(F)(F)F)c1. The second-order valence-corrected chi connectivity index (χ2v) is 4.99. The monoisotopic (exact) mass is 307 g/mol. The third-order valence-electron chi connectivity index (χ3n) is 2.79. The van der Waals surface area contributed by atoms with E-state index in [4.69, 9.17) is 11.6 Å². The molecule has 112 valence electrons. The summed E-state index contributed by atoms with van der Waals surface area (Å²) in [5.41, 5.74) is 2.00. The summed E-state index contributed by atoms with van der Waals surface area (Å²) in [6.45, 7) is 0.592. The third-order valence-corrected chi connectivity index (χ3v) is 2.96. The zero-order valence-electron chi connectivity index (χ0n) is 11.2. The van der Waals surface area contributed by atoms with Crippen LogP contribution in [0.5, 0.6) is 0 Å². The van der Waals surface area contributed by atoms with Gasteiger partial charge in [-0.3, -0.25) is 4.79 Å². The minimum atomic E-state index is -4.40. The van der Waals surface area contributed by atoms with Crippen LogP contribution in [0.15, 0.2) is 24.3 Å². The lowest BCUT2D eigenvalue weighted by molar-refractivity contribution is -0.160. The number of nitrogens with zero attached hydrogens (tertiary/aromatic N) is 1. The molecule has 0 fully saturated rings. The van der Waals surface area contributed by atoms with Crippen molar-refractivity contribution in [3.05, 3.63) is 35.4 Å². The Morgan fingerprint density at radius 1 is 1.35 bits per heavy atom. The van der Waals surface area contributed by atoms with Gasteiger partial charge in [0.1, 0.15) is 6.54 Å². The van der Waals surface area contributed by atoms with Gasteiger partial charge >= 0.3 is 6.18 Å². The topological polar surface area (TPSA) is 20.3 Å². The molecule has 1 rings (SSSR count). The molecule has 1 aromatic carbocycles. The fourth-order valence-electron chi connectivity index (χ4n) is 1.89. The number of amides is 1. The van der Waals surface area contributed by atoms with Crippen LogP contribution >= 0.6 is 11.6 Å². The Bertz CT molecular complexity index is 448. The van der Waals surface area contributed by atoms with E-state index in [0.717, 1.165) is 16.0 Å². The molecule has 6 heteroatoms. The van der Waals surface area contributed by atoms with Crippen LogP contribution in [0.3, 0.4) is 0 Å². The predicted molar refractivity (Wildman–Crippen MR) is 72.9 cm³/mol. The molecule has 0 aliphatic heterocycles. The summed E-state index contributed by atoms with van der Waals surface area (Å²) in [5, 5.41) is 0. The van der Waals surface area contributed by atoms with E-state index in [2.05, 4.69) is 0 Å². The van der Waals surface area contributed by atoms with Gasteiger partial charge in [0.15, 0.2) is 0 Å². The number of halogens is 4. The average Bonchev–Trinajstić information content (AvgIpc) is 2.34.